The molecule has 0 radical (unpaired) electrons. The second kappa shape index (κ2) is 5.67. The number of nitrogens with zero attached hydrogens (tertiary/aromatic N) is 1. The lowest BCUT2D eigenvalue weighted by molar-refractivity contribution is -0.140. The van der Waals surface area contributed by atoms with E-state index in [0.717, 1.165) is 4.90 Å². The van der Waals surface area contributed by atoms with Crippen molar-refractivity contribution in [1.29, 1.82) is 0 Å². The molecule has 0 fully saturated rings. The van der Waals surface area contributed by atoms with Crippen molar-refractivity contribution in [1.82, 2.24) is 9.88 Å². The lowest BCUT2D eigenvalue weighted by Gasteiger charge is -2.23. The van der Waals surface area contributed by atoms with Crippen molar-refractivity contribution in [3.8, 4) is 0 Å². The Kier molecular flexibility index (Phi) is 4.11. The maximum atomic E-state index is 12.6. The van der Waals surface area contributed by atoms with Gasteiger partial charge in [0, 0.05) is 29.3 Å². The summed E-state index contributed by atoms with van der Waals surface area (Å²) in [5, 5.41) is 0.531. The summed E-state index contributed by atoms with van der Waals surface area (Å²) >= 11 is 0. The average molecular weight is 299 g/mol. The fraction of sp³-hybridized carbons (Fsp3) is 0.357. The molecule has 0 aliphatic carbocycles. The minimum absolute atomic E-state index is 0.0489. The molecule has 0 unspecified atom stereocenters. The van der Waals surface area contributed by atoms with E-state index in [1.165, 1.54) is 6.20 Å². The Labute approximate surface area is 119 Å². The van der Waals surface area contributed by atoms with Gasteiger partial charge in [0.1, 0.15) is 6.54 Å². The largest absolute Gasteiger partial charge is 0.406 e. The highest BCUT2D eigenvalue weighted by molar-refractivity contribution is 6.07. The molecule has 2 rings (SSSR count). The Hall–Kier alpha value is -2.18. The molecule has 1 heterocycles. The van der Waals surface area contributed by atoms with Gasteiger partial charge in [0.2, 0.25) is 0 Å². The number of amides is 1. The number of carbonyl (C=O) groups is 1. The predicted molar refractivity (Wildman–Crippen MR) is 75.0 cm³/mol. The number of nitrogen functional groups attached to an aromatic ring is 1. The third-order valence-corrected chi connectivity index (χ3v) is 3.09. The Morgan fingerprint density at radius 3 is 2.71 bits per heavy atom. The van der Waals surface area contributed by atoms with Gasteiger partial charge in [-0.2, -0.15) is 13.2 Å². The zero-order valence-corrected chi connectivity index (χ0v) is 11.5. The molecule has 7 heteroatoms. The minimum Gasteiger partial charge on any atom is -0.399 e. The molecule has 0 saturated heterocycles. The summed E-state index contributed by atoms with van der Waals surface area (Å²) in [6.07, 6.45) is -2.55. The number of alkyl halides is 3. The Morgan fingerprint density at radius 1 is 1.38 bits per heavy atom. The fourth-order valence-electron chi connectivity index (χ4n) is 2.22. The number of hydrogen-bond donors (Lipinski definition) is 2. The van der Waals surface area contributed by atoms with Crippen LogP contribution in [0.25, 0.3) is 10.9 Å². The normalized spacial score (nSPS) is 11.8. The second-order valence-corrected chi connectivity index (χ2v) is 4.85. The number of anilines is 1. The number of nitrogens with one attached hydrogen (secondary N) is 1. The first kappa shape index (κ1) is 15.2. The van der Waals surface area contributed by atoms with Crippen LogP contribution in [0.1, 0.15) is 23.7 Å². The van der Waals surface area contributed by atoms with Gasteiger partial charge in [0.25, 0.3) is 5.91 Å². The van der Waals surface area contributed by atoms with Gasteiger partial charge in [-0.3, -0.25) is 4.79 Å². The molecule has 1 aromatic carbocycles. The highest BCUT2D eigenvalue weighted by Gasteiger charge is 2.33. The van der Waals surface area contributed by atoms with E-state index in [1.807, 2.05) is 0 Å². The molecule has 0 aliphatic rings. The summed E-state index contributed by atoms with van der Waals surface area (Å²) in [6.45, 7) is 0.520. The van der Waals surface area contributed by atoms with Crippen molar-refractivity contribution in [2.45, 2.75) is 19.5 Å². The first-order valence-corrected chi connectivity index (χ1v) is 6.54. The van der Waals surface area contributed by atoms with Gasteiger partial charge < -0.3 is 15.6 Å². The molecule has 3 N–H and O–H groups in total. The van der Waals surface area contributed by atoms with Crippen molar-refractivity contribution in [2.24, 2.45) is 0 Å². The molecule has 1 amide bonds. The lowest BCUT2D eigenvalue weighted by Crippen LogP contribution is -2.39. The van der Waals surface area contributed by atoms with Crippen LogP contribution >= 0.6 is 0 Å². The van der Waals surface area contributed by atoms with E-state index in [4.69, 9.17) is 5.73 Å². The number of aromatic amines is 1. The number of fused-ring (bicyclic) bond motifs is 1. The van der Waals surface area contributed by atoms with Crippen molar-refractivity contribution >= 4 is 22.5 Å². The summed E-state index contributed by atoms with van der Waals surface area (Å²) in [5.74, 6) is -0.647. The molecular weight excluding hydrogens is 283 g/mol. The number of rotatable bonds is 4. The highest BCUT2D eigenvalue weighted by Crippen LogP contribution is 2.24. The van der Waals surface area contributed by atoms with Crippen molar-refractivity contribution in [2.75, 3.05) is 18.8 Å². The van der Waals surface area contributed by atoms with Crippen LogP contribution in [-0.2, 0) is 0 Å². The van der Waals surface area contributed by atoms with E-state index >= 15 is 0 Å². The minimum atomic E-state index is -4.42. The van der Waals surface area contributed by atoms with Crippen LogP contribution in [0.15, 0.2) is 24.4 Å². The summed E-state index contributed by atoms with van der Waals surface area (Å²) in [6, 6.07) is 4.93. The van der Waals surface area contributed by atoms with Gasteiger partial charge in [-0.15, -0.1) is 0 Å². The lowest BCUT2D eigenvalue weighted by atomic mass is 10.1. The number of halogens is 3. The average Bonchev–Trinajstić information content (AvgIpc) is 2.78. The number of aromatic nitrogens is 1. The van der Waals surface area contributed by atoms with Crippen molar-refractivity contribution < 1.29 is 18.0 Å². The van der Waals surface area contributed by atoms with E-state index in [-0.39, 0.29) is 12.1 Å². The van der Waals surface area contributed by atoms with Crippen LogP contribution in [0.5, 0.6) is 0 Å². The summed E-state index contributed by atoms with van der Waals surface area (Å²) in [5.41, 5.74) is 6.99. The summed E-state index contributed by atoms with van der Waals surface area (Å²) < 4.78 is 37.8. The SMILES string of the molecule is CCCN(CC(F)(F)F)C(=O)c1c[nH]c2ccc(N)cc12. The van der Waals surface area contributed by atoms with Gasteiger partial charge in [0.15, 0.2) is 0 Å². The van der Waals surface area contributed by atoms with E-state index in [9.17, 15) is 18.0 Å². The number of H-pyrrole nitrogens is 1. The van der Waals surface area contributed by atoms with E-state index in [1.54, 1.807) is 25.1 Å². The number of carbonyl (C=O) groups excluding carboxylic acids is 1. The van der Waals surface area contributed by atoms with Gasteiger partial charge in [0.05, 0.1) is 5.56 Å². The Balaban J connectivity index is 2.36. The predicted octanol–water partition coefficient (Wildman–Crippen LogP) is 3.16. The number of hydrogen-bond acceptors (Lipinski definition) is 2. The molecule has 0 saturated carbocycles. The molecule has 4 nitrogen and oxygen atoms in total. The molecule has 0 bridgehead atoms. The van der Waals surface area contributed by atoms with E-state index in [2.05, 4.69) is 4.98 Å². The topological polar surface area (TPSA) is 62.1 Å². The molecule has 21 heavy (non-hydrogen) atoms. The van der Waals surface area contributed by atoms with Crippen molar-refractivity contribution in [3.63, 3.8) is 0 Å². The third kappa shape index (κ3) is 3.48. The van der Waals surface area contributed by atoms with Crippen LogP contribution in [0.2, 0.25) is 0 Å². The van der Waals surface area contributed by atoms with E-state index < -0.39 is 18.6 Å². The van der Waals surface area contributed by atoms with Crippen LogP contribution in [0.3, 0.4) is 0 Å². The monoisotopic (exact) mass is 299 g/mol. The summed E-state index contributed by atoms with van der Waals surface area (Å²) in [4.78, 5) is 16.0. The molecule has 2 aromatic rings. The van der Waals surface area contributed by atoms with E-state index in [0.29, 0.717) is 23.0 Å². The molecule has 114 valence electrons. The first-order valence-electron chi connectivity index (χ1n) is 6.54. The summed E-state index contributed by atoms with van der Waals surface area (Å²) in [7, 11) is 0. The molecule has 1 aromatic heterocycles. The van der Waals surface area contributed by atoms with Gasteiger partial charge in [-0.25, -0.2) is 0 Å². The maximum absolute atomic E-state index is 12.6. The third-order valence-electron chi connectivity index (χ3n) is 3.09. The second-order valence-electron chi connectivity index (χ2n) is 4.85. The maximum Gasteiger partial charge on any atom is 0.406 e. The zero-order valence-electron chi connectivity index (χ0n) is 11.5. The van der Waals surface area contributed by atoms with Crippen LogP contribution in [0.4, 0.5) is 18.9 Å². The fourth-order valence-corrected chi connectivity index (χ4v) is 2.22. The Bertz CT molecular complexity index is 648. The smallest absolute Gasteiger partial charge is 0.399 e. The first-order chi connectivity index (χ1) is 9.81. The Morgan fingerprint density at radius 2 is 2.10 bits per heavy atom. The molecule has 0 aliphatic heterocycles. The van der Waals surface area contributed by atoms with Crippen molar-refractivity contribution in [3.05, 3.63) is 30.0 Å². The highest BCUT2D eigenvalue weighted by atomic mass is 19.4. The molecule has 0 atom stereocenters. The molecule has 0 spiro atoms. The number of benzene rings is 1. The van der Waals surface area contributed by atoms with Crippen LogP contribution < -0.4 is 5.73 Å². The van der Waals surface area contributed by atoms with Gasteiger partial charge in [-0.1, -0.05) is 6.92 Å². The van der Waals surface area contributed by atoms with Crippen LogP contribution in [-0.4, -0.2) is 35.1 Å². The number of nitrogens with two attached hydrogens (primary N) is 1. The van der Waals surface area contributed by atoms with Gasteiger partial charge >= 0.3 is 6.18 Å². The molecular formula is C14H16F3N3O. The van der Waals surface area contributed by atoms with Crippen LogP contribution in [0, 0.1) is 0 Å². The standard InChI is InChI=1S/C14H16F3N3O/c1-2-5-20(8-14(15,16)17)13(21)11-7-19-12-4-3-9(18)6-10(11)12/h3-4,6-7,19H,2,5,8,18H2,1H3. The zero-order chi connectivity index (χ0) is 15.6. The quantitative estimate of drug-likeness (QED) is 0.852. The van der Waals surface area contributed by atoms with Gasteiger partial charge in [-0.05, 0) is 24.6 Å².